The van der Waals surface area contributed by atoms with Gasteiger partial charge in [-0.1, -0.05) is 48.0 Å². The van der Waals surface area contributed by atoms with Crippen molar-refractivity contribution < 1.29 is 19.1 Å². The van der Waals surface area contributed by atoms with E-state index in [1.807, 2.05) is 66.4 Å². The average molecular weight is 477 g/mol. The van der Waals surface area contributed by atoms with E-state index in [1.165, 1.54) is 4.90 Å². The van der Waals surface area contributed by atoms with Crippen molar-refractivity contribution in [1.29, 1.82) is 0 Å². The second kappa shape index (κ2) is 10.7. The Bertz CT molecular complexity index is 1120. The van der Waals surface area contributed by atoms with Gasteiger partial charge in [-0.2, -0.15) is 0 Å². The van der Waals surface area contributed by atoms with Gasteiger partial charge in [0.2, 0.25) is 0 Å². The molecule has 0 spiro atoms. The van der Waals surface area contributed by atoms with Crippen LogP contribution in [0.3, 0.4) is 0 Å². The molecule has 0 aromatic heterocycles. The maximum Gasteiger partial charge on any atom is 0.338 e. The van der Waals surface area contributed by atoms with Gasteiger partial charge in [0.05, 0.1) is 18.2 Å². The number of hydrogen-bond acceptors (Lipinski definition) is 5. The van der Waals surface area contributed by atoms with Crippen LogP contribution in [0.5, 0.6) is 0 Å². The van der Waals surface area contributed by atoms with E-state index < -0.39 is 12.0 Å². The number of urea groups is 1. The fourth-order valence-corrected chi connectivity index (χ4v) is 4.58. The summed E-state index contributed by atoms with van der Waals surface area (Å²) in [5.74, 6) is -0.413. The van der Waals surface area contributed by atoms with E-state index in [1.54, 1.807) is 14.0 Å². The third-order valence-corrected chi connectivity index (χ3v) is 6.50. The van der Waals surface area contributed by atoms with Crippen LogP contribution < -0.4 is 5.32 Å². The second-order valence-electron chi connectivity index (χ2n) is 8.87. The SMILES string of the molecule is CCOC(=O)C1=C(CN2CCN(C(=O)c3ccccc3)CC2)N(C)C(=O)N[C@H]1c1cccc(C)c1. The molecule has 0 aliphatic carbocycles. The highest BCUT2D eigenvalue weighted by molar-refractivity contribution is 5.95. The Kier molecular flexibility index (Phi) is 7.51. The number of ether oxygens (including phenoxy) is 1. The van der Waals surface area contributed by atoms with Gasteiger partial charge < -0.3 is 15.0 Å². The first-order valence-electron chi connectivity index (χ1n) is 12.0. The summed E-state index contributed by atoms with van der Waals surface area (Å²) in [7, 11) is 1.67. The topological polar surface area (TPSA) is 82.2 Å². The monoisotopic (exact) mass is 476 g/mol. The Morgan fingerprint density at radius 1 is 1.03 bits per heavy atom. The van der Waals surface area contributed by atoms with Crippen LogP contribution in [0.25, 0.3) is 0 Å². The molecule has 2 heterocycles. The highest BCUT2D eigenvalue weighted by Crippen LogP contribution is 2.32. The minimum atomic E-state index is -0.589. The number of esters is 1. The number of carbonyl (C=O) groups excluding carboxylic acids is 3. The number of nitrogens with zero attached hydrogens (tertiary/aromatic N) is 3. The summed E-state index contributed by atoms with van der Waals surface area (Å²) >= 11 is 0. The van der Waals surface area contributed by atoms with Crippen molar-refractivity contribution in [3.8, 4) is 0 Å². The fourth-order valence-electron chi connectivity index (χ4n) is 4.58. The molecular weight excluding hydrogens is 444 g/mol. The predicted molar refractivity (Wildman–Crippen MR) is 133 cm³/mol. The van der Waals surface area contributed by atoms with E-state index >= 15 is 0 Å². The summed E-state index contributed by atoms with van der Waals surface area (Å²) in [6.07, 6.45) is 0. The number of piperazine rings is 1. The lowest BCUT2D eigenvalue weighted by Gasteiger charge is -2.39. The van der Waals surface area contributed by atoms with Gasteiger partial charge in [-0.3, -0.25) is 14.6 Å². The van der Waals surface area contributed by atoms with Crippen LogP contribution in [0.2, 0.25) is 0 Å². The Labute approximate surface area is 206 Å². The Morgan fingerprint density at radius 3 is 2.40 bits per heavy atom. The molecule has 3 amide bonds. The fraction of sp³-hybridized carbons (Fsp3) is 0.370. The number of benzene rings is 2. The second-order valence-corrected chi connectivity index (χ2v) is 8.87. The molecule has 1 atom stereocenters. The largest absolute Gasteiger partial charge is 0.463 e. The molecule has 184 valence electrons. The smallest absolute Gasteiger partial charge is 0.338 e. The summed E-state index contributed by atoms with van der Waals surface area (Å²) in [4.78, 5) is 44.4. The summed E-state index contributed by atoms with van der Waals surface area (Å²) in [6, 6.07) is 16.2. The highest BCUT2D eigenvalue weighted by Gasteiger charge is 2.37. The van der Waals surface area contributed by atoms with Gasteiger partial charge in [0.15, 0.2) is 0 Å². The van der Waals surface area contributed by atoms with Gasteiger partial charge in [-0.15, -0.1) is 0 Å². The molecule has 1 N–H and O–H groups in total. The predicted octanol–water partition coefficient (Wildman–Crippen LogP) is 2.97. The molecule has 0 radical (unpaired) electrons. The molecule has 2 aliphatic rings. The van der Waals surface area contributed by atoms with Crippen LogP contribution in [0, 0.1) is 6.92 Å². The van der Waals surface area contributed by atoms with Crippen molar-refractivity contribution in [3.63, 3.8) is 0 Å². The third kappa shape index (κ3) is 5.38. The summed E-state index contributed by atoms with van der Waals surface area (Å²) < 4.78 is 5.42. The van der Waals surface area contributed by atoms with Gasteiger partial charge in [-0.05, 0) is 31.5 Å². The lowest BCUT2D eigenvalue weighted by atomic mass is 9.93. The normalized spacial score (nSPS) is 18.9. The van der Waals surface area contributed by atoms with Crippen molar-refractivity contribution in [2.75, 3.05) is 46.4 Å². The minimum Gasteiger partial charge on any atom is -0.463 e. The molecule has 0 bridgehead atoms. The number of carbonyl (C=O) groups is 3. The van der Waals surface area contributed by atoms with Crippen LogP contribution >= 0.6 is 0 Å². The molecule has 1 saturated heterocycles. The van der Waals surface area contributed by atoms with Gasteiger partial charge in [0.1, 0.15) is 0 Å². The van der Waals surface area contributed by atoms with E-state index in [0.717, 1.165) is 11.1 Å². The van der Waals surface area contributed by atoms with Crippen molar-refractivity contribution >= 4 is 17.9 Å². The van der Waals surface area contributed by atoms with Gasteiger partial charge >= 0.3 is 12.0 Å². The standard InChI is InChI=1S/C27H32N4O4/c1-4-35-26(33)23-22(29(3)27(34)28-24(23)21-12-8-9-19(2)17-21)18-30-13-15-31(16-14-30)25(32)20-10-6-5-7-11-20/h5-12,17,24H,4,13-16,18H2,1-3H3,(H,28,34)/t24-/m0/s1. The molecular formula is C27H32N4O4. The zero-order valence-electron chi connectivity index (χ0n) is 20.5. The molecule has 2 aromatic carbocycles. The first-order valence-corrected chi connectivity index (χ1v) is 12.0. The maximum absolute atomic E-state index is 13.1. The Morgan fingerprint density at radius 2 is 1.74 bits per heavy atom. The number of nitrogens with one attached hydrogen (secondary N) is 1. The van der Waals surface area contributed by atoms with E-state index in [-0.39, 0.29) is 18.5 Å². The van der Waals surface area contributed by atoms with Crippen molar-refractivity contribution in [3.05, 3.63) is 82.6 Å². The lowest BCUT2D eigenvalue weighted by molar-refractivity contribution is -0.139. The van der Waals surface area contributed by atoms with Crippen LogP contribution in [0.1, 0.15) is 34.5 Å². The number of rotatable bonds is 6. The molecule has 8 nitrogen and oxygen atoms in total. The number of likely N-dealkylation sites (N-methyl/N-ethyl adjacent to an activating group) is 1. The van der Waals surface area contributed by atoms with Gasteiger partial charge in [-0.25, -0.2) is 9.59 Å². The highest BCUT2D eigenvalue weighted by atomic mass is 16.5. The number of hydrogen-bond donors (Lipinski definition) is 1. The molecule has 35 heavy (non-hydrogen) atoms. The van der Waals surface area contributed by atoms with Crippen LogP contribution in [0.15, 0.2) is 65.9 Å². The van der Waals surface area contributed by atoms with E-state index in [9.17, 15) is 14.4 Å². The first-order chi connectivity index (χ1) is 16.9. The summed E-state index contributed by atoms with van der Waals surface area (Å²) in [6.45, 7) is 6.84. The molecule has 0 unspecified atom stereocenters. The molecule has 0 saturated carbocycles. The van der Waals surface area contributed by atoms with Crippen LogP contribution in [0.4, 0.5) is 4.79 Å². The molecule has 2 aliphatic heterocycles. The van der Waals surface area contributed by atoms with Crippen LogP contribution in [-0.4, -0.2) is 79.0 Å². The van der Waals surface area contributed by atoms with Crippen LogP contribution in [-0.2, 0) is 9.53 Å². The quantitative estimate of drug-likeness (QED) is 0.649. The van der Waals surface area contributed by atoms with Crippen molar-refractivity contribution in [1.82, 2.24) is 20.0 Å². The molecule has 8 heteroatoms. The first kappa shape index (κ1) is 24.5. The molecule has 4 rings (SSSR count). The summed E-state index contributed by atoms with van der Waals surface area (Å²) in [5.41, 5.74) is 3.63. The zero-order chi connectivity index (χ0) is 24.9. The Hall–Kier alpha value is -3.65. The molecule has 2 aromatic rings. The minimum absolute atomic E-state index is 0.0188. The average Bonchev–Trinajstić information content (AvgIpc) is 2.87. The third-order valence-electron chi connectivity index (χ3n) is 6.50. The number of amides is 3. The van der Waals surface area contributed by atoms with Gasteiger partial charge in [0.25, 0.3) is 5.91 Å². The van der Waals surface area contributed by atoms with E-state index in [2.05, 4.69) is 10.2 Å². The summed E-state index contributed by atoms with van der Waals surface area (Å²) in [5, 5.41) is 2.96. The van der Waals surface area contributed by atoms with Crippen molar-refractivity contribution in [2.24, 2.45) is 0 Å². The maximum atomic E-state index is 13.1. The van der Waals surface area contributed by atoms with E-state index in [0.29, 0.717) is 49.6 Å². The molecule has 1 fully saturated rings. The zero-order valence-corrected chi connectivity index (χ0v) is 20.5. The Balaban J connectivity index is 1.57. The number of aryl methyl sites for hydroxylation is 1. The van der Waals surface area contributed by atoms with E-state index in [4.69, 9.17) is 4.74 Å². The van der Waals surface area contributed by atoms with Gasteiger partial charge in [0, 0.05) is 51.0 Å². The lowest BCUT2D eigenvalue weighted by Crippen LogP contribution is -2.53. The van der Waals surface area contributed by atoms with Crippen molar-refractivity contribution in [2.45, 2.75) is 19.9 Å².